The fourth-order valence-electron chi connectivity index (χ4n) is 2.01. The Balaban J connectivity index is 1.88. The molecule has 0 atom stereocenters. The monoisotopic (exact) mass is 200 g/mol. The first-order chi connectivity index (χ1) is 6.76. The standard InChI is InChI=1S/C9H16N2O3/c10-7-8(12)11-3-1-9(2-4-11)13-5-6-14-9/h1-7,10H2. The van der Waals surface area contributed by atoms with E-state index in [0.29, 0.717) is 26.3 Å². The second-order valence-corrected chi connectivity index (χ2v) is 3.69. The van der Waals surface area contributed by atoms with Gasteiger partial charge in [0.1, 0.15) is 0 Å². The van der Waals surface area contributed by atoms with Crippen molar-refractivity contribution in [1.82, 2.24) is 4.90 Å². The summed E-state index contributed by atoms with van der Waals surface area (Å²) in [5, 5.41) is 0. The van der Waals surface area contributed by atoms with Gasteiger partial charge in [-0.2, -0.15) is 0 Å². The van der Waals surface area contributed by atoms with Crippen LogP contribution in [0, 0.1) is 0 Å². The van der Waals surface area contributed by atoms with E-state index in [1.165, 1.54) is 0 Å². The molecule has 0 unspecified atom stereocenters. The van der Waals surface area contributed by atoms with Crippen LogP contribution in [0.3, 0.4) is 0 Å². The summed E-state index contributed by atoms with van der Waals surface area (Å²) in [6.07, 6.45) is 1.53. The molecule has 2 rings (SSSR count). The van der Waals surface area contributed by atoms with Crippen molar-refractivity contribution in [3.8, 4) is 0 Å². The third-order valence-corrected chi connectivity index (χ3v) is 2.87. The predicted octanol–water partition coefficient (Wildman–Crippen LogP) is -0.689. The molecule has 5 heteroatoms. The molecule has 2 aliphatic heterocycles. The number of amides is 1. The van der Waals surface area contributed by atoms with E-state index in [1.54, 1.807) is 4.90 Å². The Labute approximate surface area is 83.1 Å². The van der Waals surface area contributed by atoms with Gasteiger partial charge in [0.05, 0.1) is 19.8 Å². The van der Waals surface area contributed by atoms with Crippen LogP contribution in [0.25, 0.3) is 0 Å². The quantitative estimate of drug-likeness (QED) is 0.608. The van der Waals surface area contributed by atoms with E-state index in [-0.39, 0.29) is 12.5 Å². The van der Waals surface area contributed by atoms with E-state index < -0.39 is 5.79 Å². The SMILES string of the molecule is NCC(=O)N1CCC2(CC1)OCCO2. The van der Waals surface area contributed by atoms with Crippen molar-refractivity contribution < 1.29 is 14.3 Å². The average Bonchev–Trinajstić information content (AvgIpc) is 2.67. The highest BCUT2D eigenvalue weighted by molar-refractivity contribution is 5.78. The molecule has 0 radical (unpaired) electrons. The molecule has 0 aromatic rings. The van der Waals surface area contributed by atoms with Crippen molar-refractivity contribution in [1.29, 1.82) is 0 Å². The normalized spacial score (nSPS) is 25.6. The van der Waals surface area contributed by atoms with Crippen molar-refractivity contribution in [3.05, 3.63) is 0 Å². The van der Waals surface area contributed by atoms with Gasteiger partial charge in [-0.05, 0) is 0 Å². The van der Waals surface area contributed by atoms with Crippen molar-refractivity contribution >= 4 is 5.91 Å². The zero-order valence-corrected chi connectivity index (χ0v) is 8.20. The minimum atomic E-state index is -0.397. The van der Waals surface area contributed by atoms with Crippen molar-refractivity contribution in [2.24, 2.45) is 5.73 Å². The Bertz CT molecular complexity index is 216. The van der Waals surface area contributed by atoms with Crippen LogP contribution in [-0.2, 0) is 14.3 Å². The molecule has 0 bridgehead atoms. The molecule has 80 valence electrons. The van der Waals surface area contributed by atoms with E-state index >= 15 is 0 Å². The first-order valence-electron chi connectivity index (χ1n) is 5.01. The van der Waals surface area contributed by atoms with Gasteiger partial charge in [-0.15, -0.1) is 0 Å². The largest absolute Gasteiger partial charge is 0.347 e. The van der Waals surface area contributed by atoms with E-state index in [4.69, 9.17) is 15.2 Å². The van der Waals surface area contributed by atoms with Gasteiger partial charge in [0.15, 0.2) is 5.79 Å². The van der Waals surface area contributed by atoms with Gasteiger partial charge in [0.25, 0.3) is 0 Å². The first-order valence-corrected chi connectivity index (χ1v) is 5.01. The van der Waals surface area contributed by atoms with E-state index in [0.717, 1.165) is 12.8 Å². The van der Waals surface area contributed by atoms with Gasteiger partial charge in [0.2, 0.25) is 5.91 Å². The summed E-state index contributed by atoms with van der Waals surface area (Å²) in [4.78, 5) is 13.1. The van der Waals surface area contributed by atoms with Crippen LogP contribution in [-0.4, -0.2) is 49.4 Å². The van der Waals surface area contributed by atoms with E-state index in [9.17, 15) is 4.79 Å². The van der Waals surface area contributed by atoms with Crippen molar-refractivity contribution in [2.45, 2.75) is 18.6 Å². The lowest BCUT2D eigenvalue weighted by molar-refractivity contribution is -0.187. The Morgan fingerprint density at radius 3 is 2.36 bits per heavy atom. The fourth-order valence-corrected chi connectivity index (χ4v) is 2.01. The zero-order valence-electron chi connectivity index (χ0n) is 8.20. The molecule has 2 saturated heterocycles. The molecule has 2 N–H and O–H groups in total. The summed E-state index contributed by atoms with van der Waals surface area (Å²) in [5.41, 5.74) is 5.29. The molecule has 1 spiro atoms. The molecule has 0 aromatic carbocycles. The molecule has 0 aliphatic carbocycles. The highest BCUT2D eigenvalue weighted by Crippen LogP contribution is 2.30. The van der Waals surface area contributed by atoms with Crippen LogP contribution in [0.2, 0.25) is 0 Å². The topological polar surface area (TPSA) is 64.8 Å². The molecule has 2 heterocycles. The molecule has 2 aliphatic rings. The van der Waals surface area contributed by atoms with Gasteiger partial charge >= 0.3 is 0 Å². The smallest absolute Gasteiger partial charge is 0.236 e. The Kier molecular flexibility index (Phi) is 2.71. The third-order valence-electron chi connectivity index (χ3n) is 2.87. The number of piperidine rings is 1. The molecule has 0 aromatic heterocycles. The van der Waals surface area contributed by atoms with Gasteiger partial charge in [-0.25, -0.2) is 0 Å². The number of likely N-dealkylation sites (tertiary alicyclic amines) is 1. The molecule has 14 heavy (non-hydrogen) atoms. The number of hydrogen-bond donors (Lipinski definition) is 1. The number of ether oxygens (including phenoxy) is 2. The maximum absolute atomic E-state index is 11.3. The molecule has 0 saturated carbocycles. The number of carbonyl (C=O) groups excluding carboxylic acids is 1. The van der Waals surface area contributed by atoms with Crippen LogP contribution in [0.4, 0.5) is 0 Å². The van der Waals surface area contributed by atoms with E-state index in [1.807, 2.05) is 0 Å². The number of nitrogens with zero attached hydrogens (tertiary/aromatic N) is 1. The Morgan fingerprint density at radius 1 is 1.29 bits per heavy atom. The van der Waals surface area contributed by atoms with Crippen LogP contribution < -0.4 is 5.73 Å². The highest BCUT2D eigenvalue weighted by atomic mass is 16.7. The zero-order chi connectivity index (χ0) is 10.0. The van der Waals surface area contributed by atoms with Gasteiger partial charge in [0, 0.05) is 25.9 Å². The Morgan fingerprint density at radius 2 is 1.86 bits per heavy atom. The second kappa shape index (κ2) is 3.84. The molecule has 2 fully saturated rings. The summed E-state index contributed by atoms with van der Waals surface area (Å²) in [5.74, 6) is -0.386. The second-order valence-electron chi connectivity index (χ2n) is 3.69. The Hall–Kier alpha value is -0.650. The lowest BCUT2D eigenvalue weighted by Crippen LogP contribution is -2.48. The minimum Gasteiger partial charge on any atom is -0.347 e. The minimum absolute atomic E-state index is 0.0119. The lowest BCUT2D eigenvalue weighted by Gasteiger charge is -2.37. The number of carbonyl (C=O) groups is 1. The lowest BCUT2D eigenvalue weighted by atomic mass is 10.0. The van der Waals surface area contributed by atoms with E-state index in [2.05, 4.69) is 0 Å². The fraction of sp³-hybridized carbons (Fsp3) is 0.889. The number of hydrogen-bond acceptors (Lipinski definition) is 4. The summed E-state index contributed by atoms with van der Waals surface area (Å²) in [7, 11) is 0. The number of rotatable bonds is 1. The molecule has 1 amide bonds. The average molecular weight is 200 g/mol. The maximum atomic E-state index is 11.3. The predicted molar refractivity (Wildman–Crippen MR) is 49.5 cm³/mol. The van der Waals surface area contributed by atoms with Gasteiger partial charge < -0.3 is 20.1 Å². The highest BCUT2D eigenvalue weighted by Gasteiger charge is 2.40. The first kappa shape index (κ1) is 9.89. The maximum Gasteiger partial charge on any atom is 0.236 e. The van der Waals surface area contributed by atoms with Gasteiger partial charge in [-0.1, -0.05) is 0 Å². The van der Waals surface area contributed by atoms with Gasteiger partial charge in [-0.3, -0.25) is 4.79 Å². The molecular formula is C9H16N2O3. The molecule has 5 nitrogen and oxygen atoms in total. The summed E-state index contributed by atoms with van der Waals surface area (Å²) < 4.78 is 11.1. The third kappa shape index (κ3) is 1.75. The van der Waals surface area contributed by atoms with Crippen molar-refractivity contribution in [3.63, 3.8) is 0 Å². The van der Waals surface area contributed by atoms with Crippen LogP contribution in [0.15, 0.2) is 0 Å². The summed E-state index contributed by atoms with van der Waals surface area (Å²) in [6.45, 7) is 2.82. The number of nitrogens with two attached hydrogens (primary N) is 1. The summed E-state index contributed by atoms with van der Waals surface area (Å²) in [6, 6.07) is 0. The van der Waals surface area contributed by atoms with Crippen LogP contribution in [0.1, 0.15) is 12.8 Å². The van der Waals surface area contributed by atoms with Crippen molar-refractivity contribution in [2.75, 3.05) is 32.8 Å². The van der Waals surface area contributed by atoms with Crippen LogP contribution in [0.5, 0.6) is 0 Å². The molecular weight excluding hydrogens is 184 g/mol. The summed E-state index contributed by atoms with van der Waals surface area (Å²) >= 11 is 0. The van der Waals surface area contributed by atoms with Crippen LogP contribution >= 0.6 is 0 Å².